The normalized spacial score (nSPS) is 55.0. The lowest BCUT2D eigenvalue weighted by atomic mass is 9.43. The summed E-state index contributed by atoms with van der Waals surface area (Å²) in [4.78, 5) is 11.9. The molecule has 0 aromatic heterocycles. The van der Waals surface area contributed by atoms with Gasteiger partial charge in [0.15, 0.2) is 18.9 Å². The van der Waals surface area contributed by atoms with Gasteiger partial charge >= 0.3 is 5.97 Å². The molecule has 4 saturated carbocycles. The Labute approximate surface area is 319 Å². The molecule has 0 amide bonds. The summed E-state index contributed by atoms with van der Waals surface area (Å²) in [5.74, 6) is 1.13. The van der Waals surface area contributed by atoms with Gasteiger partial charge in [-0.1, -0.05) is 13.8 Å². The molecule has 54 heavy (non-hydrogen) atoms. The number of aliphatic hydroxyl groups excluding tert-OH is 4. The fourth-order valence-corrected chi connectivity index (χ4v) is 12.8. The molecule has 0 aromatic rings. The fraction of sp³-hybridized carbons (Fsp3) is 0.927. The quantitative estimate of drug-likeness (QED) is 0.188. The fourth-order valence-electron chi connectivity index (χ4n) is 12.8. The highest BCUT2D eigenvalue weighted by atomic mass is 16.7. The van der Waals surface area contributed by atoms with Crippen molar-refractivity contribution in [2.24, 2.45) is 34.5 Å². The molecule has 4 aliphatic carbocycles. The molecule has 5 N–H and O–H groups in total. The Balaban J connectivity index is 0.826. The van der Waals surface area contributed by atoms with Crippen LogP contribution >= 0.6 is 0 Å². The number of hydrogen-bond donors (Lipinski definition) is 5. The molecule has 306 valence electrons. The zero-order valence-corrected chi connectivity index (χ0v) is 32.6. The van der Waals surface area contributed by atoms with Crippen LogP contribution in [0.15, 0.2) is 11.6 Å². The molecule has 0 radical (unpaired) electrons. The van der Waals surface area contributed by atoms with Gasteiger partial charge in [-0.3, -0.25) is 0 Å². The Morgan fingerprint density at radius 3 is 1.89 bits per heavy atom. The summed E-state index contributed by atoms with van der Waals surface area (Å²) < 4.78 is 42.2. The minimum atomic E-state index is -0.996. The molecular formula is C41H64O13. The smallest absolute Gasteiger partial charge is 0.331 e. The predicted molar refractivity (Wildman–Crippen MR) is 191 cm³/mol. The predicted octanol–water partition coefficient (Wildman–Crippen LogP) is 3.25. The molecule has 4 aliphatic heterocycles. The van der Waals surface area contributed by atoms with Crippen LogP contribution in [0.25, 0.3) is 0 Å². The Kier molecular flexibility index (Phi) is 10.9. The Hall–Kier alpha value is -1.23. The van der Waals surface area contributed by atoms with Crippen LogP contribution in [0.3, 0.4) is 0 Å². The third-order valence-electron chi connectivity index (χ3n) is 15.9. The van der Waals surface area contributed by atoms with Gasteiger partial charge in [0.1, 0.15) is 24.9 Å². The van der Waals surface area contributed by atoms with E-state index in [2.05, 4.69) is 13.8 Å². The van der Waals surface area contributed by atoms with Crippen molar-refractivity contribution >= 4 is 5.97 Å². The van der Waals surface area contributed by atoms with Crippen molar-refractivity contribution in [2.75, 3.05) is 6.61 Å². The van der Waals surface area contributed by atoms with Crippen LogP contribution in [0.1, 0.15) is 112 Å². The molecule has 7 fully saturated rings. The first-order valence-corrected chi connectivity index (χ1v) is 20.8. The summed E-state index contributed by atoms with van der Waals surface area (Å²) in [7, 11) is 0. The first kappa shape index (κ1) is 39.6. The maximum absolute atomic E-state index is 12.6. The maximum Gasteiger partial charge on any atom is 0.331 e. The first-order valence-electron chi connectivity index (χ1n) is 20.8. The van der Waals surface area contributed by atoms with Gasteiger partial charge in [-0.2, -0.15) is 0 Å². The topological polar surface area (TPSA) is 183 Å². The number of cyclic esters (lactones) is 1. The molecular weight excluding hydrogens is 700 g/mol. The second kappa shape index (κ2) is 14.9. The van der Waals surface area contributed by atoms with E-state index in [-0.39, 0.29) is 54.0 Å². The molecule has 8 aliphatic rings. The van der Waals surface area contributed by atoms with Crippen molar-refractivity contribution in [1.29, 1.82) is 0 Å². The van der Waals surface area contributed by atoms with Crippen molar-refractivity contribution in [2.45, 2.75) is 197 Å². The van der Waals surface area contributed by atoms with Gasteiger partial charge in [0, 0.05) is 30.8 Å². The van der Waals surface area contributed by atoms with Gasteiger partial charge in [-0.05, 0) is 113 Å². The lowest BCUT2D eigenvalue weighted by molar-refractivity contribution is -0.336. The molecule has 0 unspecified atom stereocenters. The van der Waals surface area contributed by atoms with Crippen molar-refractivity contribution in [1.82, 2.24) is 0 Å². The Bertz CT molecular complexity index is 1370. The number of aliphatic hydroxyl groups is 5. The second-order valence-electron chi connectivity index (χ2n) is 18.7. The van der Waals surface area contributed by atoms with Gasteiger partial charge in [-0.25, -0.2) is 4.79 Å². The zero-order valence-electron chi connectivity index (χ0n) is 32.6. The highest BCUT2D eigenvalue weighted by molar-refractivity contribution is 5.85. The van der Waals surface area contributed by atoms with Gasteiger partial charge in [0.25, 0.3) is 0 Å². The highest BCUT2D eigenvalue weighted by Gasteiger charge is 2.68. The lowest BCUT2D eigenvalue weighted by Crippen LogP contribution is -2.62. The molecule has 13 nitrogen and oxygen atoms in total. The molecule has 3 saturated heterocycles. The van der Waals surface area contributed by atoms with Gasteiger partial charge in [-0.15, -0.1) is 0 Å². The molecule has 0 aromatic carbocycles. The molecule has 0 spiro atoms. The number of hydrogen-bond acceptors (Lipinski definition) is 13. The van der Waals surface area contributed by atoms with E-state index in [1.165, 1.54) is 0 Å². The molecule has 13 heteroatoms. The molecule has 0 bridgehead atoms. The number of carbonyl (C=O) groups excluding carboxylic acids is 1. The third-order valence-corrected chi connectivity index (χ3v) is 15.9. The average Bonchev–Trinajstić information content (AvgIpc) is 3.66. The van der Waals surface area contributed by atoms with Gasteiger partial charge in [0.2, 0.25) is 0 Å². The standard InChI is InChI=1S/C41H64O13/c1-20-36(46)29(42)16-34(49-20)53-38-22(3)51-35(18-31(38)44)54-37-21(2)50-33(17-30(37)43)52-25-8-11-39(4)24(15-25)6-7-28-27(39)9-12-40(5)26(10-13-41(28,40)47)23-14-32(45)48-19-23/h14,20-22,24-31,33-38,42-44,46-47H,6-13,15-19H2,1-5H3/t20-,21+,22-,24+,25-,26+,27-,28+,29+,30+,31+,33-,34-,35-,36+,37+,38+,39-,40+,41-/m0/s1. The highest BCUT2D eigenvalue weighted by Crippen LogP contribution is 2.70. The van der Waals surface area contributed by atoms with Crippen LogP contribution in [-0.4, -0.2) is 124 Å². The van der Waals surface area contributed by atoms with E-state index < -0.39 is 79.4 Å². The second-order valence-corrected chi connectivity index (χ2v) is 18.7. The van der Waals surface area contributed by atoms with Crippen LogP contribution in [0.5, 0.6) is 0 Å². The van der Waals surface area contributed by atoms with E-state index in [0.29, 0.717) is 18.4 Å². The minimum Gasteiger partial charge on any atom is -0.458 e. The zero-order chi connectivity index (χ0) is 38.3. The molecule has 20 atom stereocenters. The molecule has 4 heterocycles. The summed E-state index contributed by atoms with van der Waals surface area (Å²) in [5, 5.41) is 55.0. The van der Waals surface area contributed by atoms with Crippen molar-refractivity contribution < 1.29 is 63.5 Å². The lowest BCUT2D eigenvalue weighted by Gasteiger charge is -2.64. The van der Waals surface area contributed by atoms with Crippen LogP contribution < -0.4 is 0 Å². The minimum absolute atomic E-state index is 0.0243. The number of carbonyl (C=O) groups is 1. The largest absolute Gasteiger partial charge is 0.458 e. The van der Waals surface area contributed by atoms with E-state index >= 15 is 0 Å². The number of esters is 1. The van der Waals surface area contributed by atoms with Crippen molar-refractivity contribution in [3.8, 4) is 0 Å². The van der Waals surface area contributed by atoms with Crippen LogP contribution in [-0.2, 0) is 38.0 Å². The summed E-state index contributed by atoms with van der Waals surface area (Å²) in [6.45, 7) is 10.4. The summed E-state index contributed by atoms with van der Waals surface area (Å²) in [6.07, 6.45) is 1.90. The Morgan fingerprint density at radius 2 is 1.30 bits per heavy atom. The monoisotopic (exact) mass is 764 g/mol. The van der Waals surface area contributed by atoms with Gasteiger partial charge < -0.3 is 58.7 Å². The van der Waals surface area contributed by atoms with Crippen molar-refractivity contribution in [3.63, 3.8) is 0 Å². The average molecular weight is 765 g/mol. The first-order chi connectivity index (χ1) is 25.6. The summed E-state index contributed by atoms with van der Waals surface area (Å²) >= 11 is 0. The Morgan fingerprint density at radius 1 is 0.685 bits per heavy atom. The van der Waals surface area contributed by atoms with E-state index in [4.69, 9.17) is 33.2 Å². The SMILES string of the molecule is C[C@@H]1O[C@@H](O[C@H]2[C@H](O)C[C@H](O[C@H]3[C@H](O)C[C@H](O[C@H]4CC[C@@]5(C)[C@H](CC[C@@H]6[C@@H]5CC[C@]5(C)[C@@H](C7=CC(=O)OC7)CC[C@]65O)C4)O[C@@H]3C)O[C@H]2C)C[C@@H](O)[C@@H]1O. The van der Waals surface area contributed by atoms with Crippen LogP contribution in [0.4, 0.5) is 0 Å². The number of rotatable bonds is 7. The third kappa shape index (κ3) is 6.82. The summed E-state index contributed by atoms with van der Waals surface area (Å²) in [6, 6.07) is 0. The number of ether oxygens (including phenoxy) is 7. The van der Waals surface area contributed by atoms with E-state index in [9.17, 15) is 30.3 Å². The van der Waals surface area contributed by atoms with Crippen LogP contribution in [0.2, 0.25) is 0 Å². The van der Waals surface area contributed by atoms with E-state index in [1.54, 1.807) is 19.9 Å². The summed E-state index contributed by atoms with van der Waals surface area (Å²) in [5.41, 5.74) is 0.215. The van der Waals surface area contributed by atoms with E-state index in [0.717, 1.165) is 63.4 Å². The maximum atomic E-state index is 12.6. The van der Waals surface area contributed by atoms with Crippen LogP contribution in [0, 0.1) is 34.5 Å². The van der Waals surface area contributed by atoms with Gasteiger partial charge in [0.05, 0.1) is 48.3 Å². The molecule has 8 rings (SSSR count). The number of fused-ring (bicyclic) bond motifs is 5. The van der Waals surface area contributed by atoms with Crippen molar-refractivity contribution in [3.05, 3.63) is 11.6 Å². The van der Waals surface area contributed by atoms with E-state index in [1.807, 2.05) is 6.92 Å².